The number of carbonyl (C=O) groups excluding carboxylic acids is 1. The van der Waals surface area contributed by atoms with Crippen molar-refractivity contribution in [2.24, 2.45) is 0 Å². The highest BCUT2D eigenvalue weighted by molar-refractivity contribution is 5.91. The van der Waals surface area contributed by atoms with E-state index in [1.165, 1.54) is 5.56 Å². The number of hydrogen-bond acceptors (Lipinski definition) is 4. The van der Waals surface area contributed by atoms with Crippen LogP contribution in [0.15, 0.2) is 34.9 Å². The molecule has 1 saturated carbocycles. The highest BCUT2D eigenvalue weighted by atomic mass is 16.5. The fraction of sp³-hybridized carbons (Fsp3) is 0.500. The number of nitrogens with one attached hydrogen (secondary N) is 1. The van der Waals surface area contributed by atoms with Crippen LogP contribution in [0.25, 0.3) is 0 Å². The molecule has 1 atom stereocenters. The summed E-state index contributed by atoms with van der Waals surface area (Å²) in [5.41, 5.74) is 3.01. The van der Waals surface area contributed by atoms with Crippen molar-refractivity contribution >= 4 is 5.91 Å². The summed E-state index contributed by atoms with van der Waals surface area (Å²) in [6.45, 7) is 6.67. The molecular formula is C20H25N3O2. The monoisotopic (exact) mass is 339 g/mol. The number of rotatable bonds is 5. The van der Waals surface area contributed by atoms with E-state index in [1.807, 2.05) is 32.0 Å². The van der Waals surface area contributed by atoms with Gasteiger partial charge in [0.25, 0.3) is 0 Å². The van der Waals surface area contributed by atoms with Crippen LogP contribution in [0.4, 0.5) is 0 Å². The van der Waals surface area contributed by atoms with Crippen LogP contribution >= 0.6 is 0 Å². The molecule has 5 nitrogen and oxygen atoms in total. The van der Waals surface area contributed by atoms with Gasteiger partial charge in [-0.2, -0.15) is 0 Å². The molecule has 5 heteroatoms. The number of nitrogens with zero attached hydrogens (tertiary/aromatic N) is 2. The third-order valence-electron chi connectivity index (χ3n) is 5.68. The molecule has 1 unspecified atom stereocenters. The van der Waals surface area contributed by atoms with Crippen LogP contribution < -0.4 is 5.32 Å². The number of likely N-dealkylation sites (tertiary alicyclic amines) is 1. The van der Waals surface area contributed by atoms with Gasteiger partial charge in [-0.05, 0) is 38.7 Å². The van der Waals surface area contributed by atoms with Crippen LogP contribution in [0.3, 0.4) is 0 Å². The van der Waals surface area contributed by atoms with Gasteiger partial charge in [0.15, 0.2) is 0 Å². The predicted octanol–water partition coefficient (Wildman–Crippen LogP) is 2.71. The largest absolute Gasteiger partial charge is 0.361 e. The lowest BCUT2D eigenvalue weighted by molar-refractivity contribution is -0.124. The molecule has 1 aromatic carbocycles. The summed E-state index contributed by atoms with van der Waals surface area (Å²) in [5.74, 6) is 1.09. The maximum atomic E-state index is 12.9. The van der Waals surface area contributed by atoms with E-state index in [4.69, 9.17) is 4.52 Å². The first-order chi connectivity index (χ1) is 12.1. The number of benzene rings is 1. The molecule has 132 valence electrons. The van der Waals surface area contributed by atoms with Crippen molar-refractivity contribution in [2.45, 2.75) is 51.1 Å². The summed E-state index contributed by atoms with van der Waals surface area (Å²) in [5, 5.41) is 7.33. The van der Waals surface area contributed by atoms with E-state index in [-0.39, 0.29) is 17.4 Å². The second kappa shape index (κ2) is 6.30. The standard InChI is InChI=1S/C20H25N3O2/c1-14-18(15(2)25-22-14)13-23-11-8-17(12-23)21-19(24)20(9-10-20)16-6-4-3-5-7-16/h3-7,17H,8-13H2,1-2H3,(H,21,24). The molecular weight excluding hydrogens is 314 g/mol. The number of aryl methyl sites for hydroxylation is 2. The average Bonchev–Trinajstić information content (AvgIpc) is 3.24. The van der Waals surface area contributed by atoms with Crippen molar-refractivity contribution in [3.8, 4) is 0 Å². The molecule has 2 heterocycles. The minimum atomic E-state index is -0.281. The minimum Gasteiger partial charge on any atom is -0.361 e. The molecule has 1 amide bonds. The first-order valence-electron chi connectivity index (χ1n) is 9.09. The van der Waals surface area contributed by atoms with E-state index in [1.54, 1.807) is 0 Å². The molecule has 25 heavy (non-hydrogen) atoms. The maximum absolute atomic E-state index is 12.9. The zero-order valence-electron chi connectivity index (χ0n) is 14.9. The fourth-order valence-electron chi connectivity index (χ4n) is 3.90. The third-order valence-corrected chi connectivity index (χ3v) is 5.68. The van der Waals surface area contributed by atoms with Crippen LogP contribution in [0.2, 0.25) is 0 Å². The molecule has 1 aromatic heterocycles. The molecule has 1 N–H and O–H groups in total. The van der Waals surface area contributed by atoms with Crippen LogP contribution in [0.1, 0.15) is 41.8 Å². The van der Waals surface area contributed by atoms with E-state index < -0.39 is 0 Å². The summed E-state index contributed by atoms with van der Waals surface area (Å²) in [6.07, 6.45) is 2.91. The van der Waals surface area contributed by atoms with Crippen molar-refractivity contribution in [2.75, 3.05) is 13.1 Å². The Balaban J connectivity index is 1.36. The van der Waals surface area contributed by atoms with E-state index in [0.29, 0.717) is 0 Å². The van der Waals surface area contributed by atoms with Crippen LogP contribution in [0.5, 0.6) is 0 Å². The summed E-state index contributed by atoms with van der Waals surface area (Å²) >= 11 is 0. The zero-order chi connectivity index (χ0) is 17.4. The number of carbonyl (C=O) groups is 1. The van der Waals surface area contributed by atoms with Gasteiger partial charge in [0, 0.05) is 31.2 Å². The van der Waals surface area contributed by atoms with Crippen LogP contribution in [0, 0.1) is 13.8 Å². The Kier molecular flexibility index (Phi) is 4.12. The topological polar surface area (TPSA) is 58.4 Å². The van der Waals surface area contributed by atoms with Gasteiger partial charge < -0.3 is 9.84 Å². The Morgan fingerprint density at radius 1 is 1.32 bits per heavy atom. The smallest absolute Gasteiger partial charge is 0.230 e. The normalized spacial score (nSPS) is 22.1. The molecule has 2 aromatic rings. The van der Waals surface area contributed by atoms with Gasteiger partial charge in [0.2, 0.25) is 5.91 Å². The highest BCUT2D eigenvalue weighted by Crippen LogP contribution is 2.48. The van der Waals surface area contributed by atoms with E-state index in [2.05, 4.69) is 27.5 Å². The summed E-state index contributed by atoms with van der Waals surface area (Å²) in [7, 11) is 0. The summed E-state index contributed by atoms with van der Waals surface area (Å²) in [6, 6.07) is 10.4. The van der Waals surface area contributed by atoms with Gasteiger partial charge >= 0.3 is 0 Å². The van der Waals surface area contributed by atoms with Gasteiger partial charge in [-0.3, -0.25) is 9.69 Å². The Hall–Kier alpha value is -2.14. The van der Waals surface area contributed by atoms with Gasteiger partial charge in [-0.15, -0.1) is 0 Å². The number of hydrogen-bond donors (Lipinski definition) is 1. The molecule has 0 bridgehead atoms. The van der Waals surface area contributed by atoms with Crippen molar-refractivity contribution < 1.29 is 9.32 Å². The van der Waals surface area contributed by atoms with Gasteiger partial charge in [-0.1, -0.05) is 35.5 Å². The lowest BCUT2D eigenvalue weighted by Crippen LogP contribution is -2.42. The minimum absolute atomic E-state index is 0.197. The van der Waals surface area contributed by atoms with Crippen molar-refractivity contribution in [1.29, 1.82) is 0 Å². The molecule has 1 aliphatic heterocycles. The Bertz CT molecular complexity index is 745. The fourth-order valence-corrected chi connectivity index (χ4v) is 3.90. The van der Waals surface area contributed by atoms with Gasteiger partial charge in [0.05, 0.1) is 11.1 Å². The van der Waals surface area contributed by atoms with Crippen molar-refractivity contribution in [1.82, 2.24) is 15.4 Å². The number of amides is 1. The number of aromatic nitrogens is 1. The first kappa shape index (κ1) is 16.3. The van der Waals surface area contributed by atoms with E-state index >= 15 is 0 Å². The predicted molar refractivity (Wildman–Crippen MR) is 95.2 cm³/mol. The SMILES string of the molecule is Cc1noc(C)c1CN1CCC(NC(=O)C2(c3ccccc3)CC2)C1. The molecule has 0 radical (unpaired) electrons. The average molecular weight is 339 g/mol. The first-order valence-corrected chi connectivity index (χ1v) is 9.09. The Morgan fingerprint density at radius 3 is 2.72 bits per heavy atom. The lowest BCUT2D eigenvalue weighted by Gasteiger charge is -2.20. The van der Waals surface area contributed by atoms with E-state index in [9.17, 15) is 4.79 Å². The summed E-state index contributed by atoms with van der Waals surface area (Å²) < 4.78 is 5.25. The van der Waals surface area contributed by atoms with E-state index in [0.717, 1.165) is 55.9 Å². The molecule has 2 aliphatic rings. The van der Waals surface area contributed by atoms with Crippen molar-refractivity contribution in [3.63, 3.8) is 0 Å². The second-order valence-corrected chi connectivity index (χ2v) is 7.45. The summed E-state index contributed by atoms with van der Waals surface area (Å²) in [4.78, 5) is 15.2. The molecule has 2 fully saturated rings. The third kappa shape index (κ3) is 3.09. The Labute approximate surface area is 148 Å². The molecule has 1 aliphatic carbocycles. The lowest BCUT2D eigenvalue weighted by atomic mass is 9.94. The quantitative estimate of drug-likeness (QED) is 0.910. The van der Waals surface area contributed by atoms with Gasteiger partial charge in [-0.25, -0.2) is 0 Å². The van der Waals surface area contributed by atoms with Crippen molar-refractivity contribution in [3.05, 3.63) is 52.9 Å². The zero-order valence-corrected chi connectivity index (χ0v) is 14.9. The molecule has 1 saturated heterocycles. The highest BCUT2D eigenvalue weighted by Gasteiger charge is 2.51. The van der Waals surface area contributed by atoms with Crippen LogP contribution in [-0.4, -0.2) is 35.1 Å². The Morgan fingerprint density at radius 2 is 2.08 bits per heavy atom. The molecule has 0 spiro atoms. The van der Waals surface area contributed by atoms with Gasteiger partial charge in [0.1, 0.15) is 5.76 Å². The van der Waals surface area contributed by atoms with Crippen LogP contribution in [-0.2, 0) is 16.8 Å². The second-order valence-electron chi connectivity index (χ2n) is 7.45. The maximum Gasteiger partial charge on any atom is 0.230 e. The molecule has 4 rings (SSSR count).